The van der Waals surface area contributed by atoms with Gasteiger partial charge in [0.2, 0.25) is 0 Å². The number of alkyl halides is 3. The summed E-state index contributed by atoms with van der Waals surface area (Å²) in [7, 11) is 0. The standard InChI is InChI=1S/C19H18F3N3O2/c1-10-9-14(11-3-5-13(6-4-11)19(20,21)22)24-25(10)15-16(26)18(2,12-7-8-12)23-17(15)27/h3-6,9,12,26H,7-8H2,1-2H3,(H,23,27). The van der Waals surface area contributed by atoms with Crippen molar-refractivity contribution in [3.05, 3.63) is 47.3 Å². The number of aliphatic hydroxyl groups excluding tert-OH is 1. The normalized spacial score (nSPS) is 23.1. The molecule has 8 heteroatoms. The van der Waals surface area contributed by atoms with E-state index in [-0.39, 0.29) is 17.4 Å². The van der Waals surface area contributed by atoms with Gasteiger partial charge in [0.1, 0.15) is 5.76 Å². The summed E-state index contributed by atoms with van der Waals surface area (Å²) >= 11 is 0. The van der Waals surface area contributed by atoms with Crippen molar-refractivity contribution in [3.63, 3.8) is 0 Å². The Morgan fingerprint density at radius 2 is 1.89 bits per heavy atom. The zero-order chi connectivity index (χ0) is 19.6. The lowest BCUT2D eigenvalue weighted by molar-refractivity contribution is -0.137. The minimum Gasteiger partial charge on any atom is -0.507 e. The summed E-state index contributed by atoms with van der Waals surface area (Å²) in [4.78, 5) is 12.5. The van der Waals surface area contributed by atoms with Crippen LogP contribution in [0.1, 0.15) is 31.0 Å². The molecule has 1 aliphatic heterocycles. The van der Waals surface area contributed by atoms with Crippen LogP contribution in [0.5, 0.6) is 0 Å². The first-order valence-electron chi connectivity index (χ1n) is 8.62. The Hall–Kier alpha value is -2.77. The van der Waals surface area contributed by atoms with Crippen LogP contribution < -0.4 is 5.32 Å². The van der Waals surface area contributed by atoms with E-state index < -0.39 is 23.2 Å². The number of rotatable bonds is 3. The molecule has 0 bridgehead atoms. The van der Waals surface area contributed by atoms with Crippen molar-refractivity contribution in [1.82, 2.24) is 15.1 Å². The Bertz CT molecular complexity index is 956. The molecule has 1 aromatic carbocycles. The molecule has 1 aliphatic carbocycles. The molecule has 27 heavy (non-hydrogen) atoms. The number of nitrogens with one attached hydrogen (secondary N) is 1. The summed E-state index contributed by atoms with van der Waals surface area (Å²) in [6.07, 6.45) is -2.54. The highest BCUT2D eigenvalue weighted by atomic mass is 19.4. The van der Waals surface area contributed by atoms with E-state index >= 15 is 0 Å². The van der Waals surface area contributed by atoms with Crippen LogP contribution in [0.2, 0.25) is 0 Å². The van der Waals surface area contributed by atoms with E-state index in [9.17, 15) is 23.1 Å². The van der Waals surface area contributed by atoms with Gasteiger partial charge in [-0.1, -0.05) is 12.1 Å². The van der Waals surface area contributed by atoms with Crippen LogP contribution in [0.15, 0.2) is 36.1 Å². The fraction of sp³-hybridized carbons (Fsp3) is 0.368. The number of hydrogen-bond donors (Lipinski definition) is 2. The lowest BCUT2D eigenvalue weighted by Gasteiger charge is -2.23. The molecule has 4 rings (SSSR count). The number of benzene rings is 1. The third-order valence-electron chi connectivity index (χ3n) is 5.31. The Kier molecular flexibility index (Phi) is 3.66. The first-order chi connectivity index (χ1) is 12.6. The number of aryl methyl sites for hydroxylation is 1. The fourth-order valence-electron chi connectivity index (χ4n) is 3.53. The molecule has 2 aromatic rings. The molecule has 1 unspecified atom stereocenters. The average molecular weight is 377 g/mol. The van der Waals surface area contributed by atoms with Crippen LogP contribution in [-0.4, -0.2) is 26.3 Å². The van der Waals surface area contributed by atoms with Crippen LogP contribution in [0, 0.1) is 12.8 Å². The van der Waals surface area contributed by atoms with Crippen LogP contribution in [-0.2, 0) is 11.0 Å². The molecule has 1 amide bonds. The molecular formula is C19H18F3N3O2. The zero-order valence-corrected chi connectivity index (χ0v) is 14.8. The molecule has 1 atom stereocenters. The maximum Gasteiger partial charge on any atom is 0.416 e. The quantitative estimate of drug-likeness (QED) is 0.853. The van der Waals surface area contributed by atoms with Gasteiger partial charge in [0.25, 0.3) is 5.91 Å². The van der Waals surface area contributed by atoms with Crippen molar-refractivity contribution in [2.45, 2.75) is 38.4 Å². The maximum atomic E-state index is 12.7. The number of amides is 1. The average Bonchev–Trinajstić information content (AvgIpc) is 3.35. The Balaban J connectivity index is 1.72. The monoisotopic (exact) mass is 377 g/mol. The Labute approximate surface area is 153 Å². The molecule has 1 saturated carbocycles. The summed E-state index contributed by atoms with van der Waals surface area (Å²) in [5, 5.41) is 17.9. The van der Waals surface area contributed by atoms with Gasteiger partial charge >= 0.3 is 6.18 Å². The van der Waals surface area contributed by atoms with Crippen molar-refractivity contribution in [2.24, 2.45) is 5.92 Å². The fourth-order valence-corrected chi connectivity index (χ4v) is 3.53. The highest BCUT2D eigenvalue weighted by molar-refractivity contribution is 6.17. The lowest BCUT2D eigenvalue weighted by atomic mass is 9.95. The van der Waals surface area contributed by atoms with Crippen LogP contribution in [0.4, 0.5) is 13.2 Å². The number of aromatic nitrogens is 2. The van der Waals surface area contributed by atoms with Gasteiger partial charge in [0, 0.05) is 11.3 Å². The van der Waals surface area contributed by atoms with Gasteiger partial charge in [0.05, 0.1) is 16.8 Å². The van der Waals surface area contributed by atoms with Gasteiger partial charge in [-0.15, -0.1) is 0 Å². The van der Waals surface area contributed by atoms with E-state index in [1.165, 1.54) is 16.8 Å². The maximum absolute atomic E-state index is 12.7. The molecule has 2 aliphatic rings. The van der Waals surface area contributed by atoms with Gasteiger partial charge < -0.3 is 10.4 Å². The summed E-state index contributed by atoms with van der Waals surface area (Å²) in [6, 6.07) is 6.33. The Morgan fingerprint density at radius 1 is 1.26 bits per heavy atom. The van der Waals surface area contributed by atoms with Crippen molar-refractivity contribution >= 4 is 11.6 Å². The van der Waals surface area contributed by atoms with Crippen molar-refractivity contribution in [1.29, 1.82) is 0 Å². The van der Waals surface area contributed by atoms with E-state index in [1.807, 2.05) is 0 Å². The number of aliphatic hydroxyl groups is 1. The van der Waals surface area contributed by atoms with Gasteiger partial charge in [-0.25, -0.2) is 4.68 Å². The highest BCUT2D eigenvalue weighted by Gasteiger charge is 2.52. The van der Waals surface area contributed by atoms with Gasteiger partial charge in [0.15, 0.2) is 5.70 Å². The van der Waals surface area contributed by atoms with Crippen LogP contribution >= 0.6 is 0 Å². The second kappa shape index (κ2) is 5.61. The molecule has 0 saturated heterocycles. The van der Waals surface area contributed by atoms with E-state index in [1.54, 1.807) is 19.9 Å². The van der Waals surface area contributed by atoms with E-state index in [2.05, 4.69) is 10.4 Å². The summed E-state index contributed by atoms with van der Waals surface area (Å²) in [5.74, 6) is -0.253. The largest absolute Gasteiger partial charge is 0.507 e. The second-order valence-corrected chi connectivity index (χ2v) is 7.29. The zero-order valence-electron chi connectivity index (χ0n) is 14.8. The predicted molar refractivity (Wildman–Crippen MR) is 92.5 cm³/mol. The summed E-state index contributed by atoms with van der Waals surface area (Å²) < 4.78 is 39.5. The molecule has 0 spiro atoms. The predicted octanol–water partition coefficient (Wildman–Crippen LogP) is 3.90. The minimum absolute atomic E-state index is 0.0415. The van der Waals surface area contributed by atoms with Gasteiger partial charge in [-0.3, -0.25) is 4.79 Å². The number of halogens is 3. The molecule has 5 nitrogen and oxygen atoms in total. The van der Waals surface area contributed by atoms with E-state index in [4.69, 9.17) is 0 Å². The van der Waals surface area contributed by atoms with Crippen LogP contribution in [0.3, 0.4) is 0 Å². The molecule has 142 valence electrons. The molecular weight excluding hydrogens is 359 g/mol. The second-order valence-electron chi connectivity index (χ2n) is 7.29. The highest BCUT2D eigenvalue weighted by Crippen LogP contribution is 2.46. The topological polar surface area (TPSA) is 67.2 Å². The molecule has 2 N–H and O–H groups in total. The van der Waals surface area contributed by atoms with E-state index in [0.717, 1.165) is 25.0 Å². The first kappa shape index (κ1) is 17.6. The van der Waals surface area contributed by atoms with Crippen LogP contribution in [0.25, 0.3) is 17.0 Å². The molecule has 0 radical (unpaired) electrons. The summed E-state index contributed by atoms with van der Waals surface area (Å²) in [6.45, 7) is 3.52. The first-order valence-corrected chi connectivity index (χ1v) is 8.62. The number of carbonyl (C=O) groups excluding carboxylic acids is 1. The van der Waals surface area contributed by atoms with Crippen molar-refractivity contribution < 1.29 is 23.1 Å². The third-order valence-corrected chi connectivity index (χ3v) is 5.31. The van der Waals surface area contributed by atoms with Crippen molar-refractivity contribution in [2.75, 3.05) is 0 Å². The van der Waals surface area contributed by atoms with Gasteiger partial charge in [-0.2, -0.15) is 18.3 Å². The minimum atomic E-state index is -4.40. The van der Waals surface area contributed by atoms with Gasteiger partial charge in [-0.05, 0) is 50.8 Å². The smallest absolute Gasteiger partial charge is 0.416 e. The Morgan fingerprint density at radius 3 is 2.44 bits per heavy atom. The number of carbonyl (C=O) groups is 1. The summed E-state index contributed by atoms with van der Waals surface area (Å²) in [5.41, 5.74) is 0.0572. The number of nitrogens with zero attached hydrogens (tertiary/aromatic N) is 2. The molecule has 2 heterocycles. The van der Waals surface area contributed by atoms with E-state index in [0.29, 0.717) is 17.0 Å². The molecule has 1 aromatic heterocycles. The molecule has 1 fully saturated rings. The van der Waals surface area contributed by atoms with Crippen molar-refractivity contribution in [3.8, 4) is 11.3 Å². The lowest BCUT2D eigenvalue weighted by Crippen LogP contribution is -2.43. The SMILES string of the molecule is Cc1cc(-c2ccc(C(F)(F)F)cc2)nn1C1=C(O)C(C)(C2CC2)NC1=O. The third kappa shape index (κ3) is 2.79. The number of hydrogen-bond acceptors (Lipinski definition) is 3.